The van der Waals surface area contributed by atoms with Crippen molar-refractivity contribution in [3.63, 3.8) is 0 Å². The molecule has 2 atom stereocenters. The molecule has 1 aliphatic rings. The molecule has 3 nitrogen and oxygen atoms in total. The number of rotatable bonds is 6. The van der Waals surface area contributed by atoms with E-state index in [1.165, 1.54) is 11.1 Å². The summed E-state index contributed by atoms with van der Waals surface area (Å²) in [5.74, 6) is 0.183. The molecule has 116 valence electrons. The van der Waals surface area contributed by atoms with E-state index in [2.05, 4.69) is 55.7 Å². The zero-order valence-corrected chi connectivity index (χ0v) is 13.5. The molecule has 2 unspecified atom stereocenters. The molecule has 0 aromatic heterocycles. The van der Waals surface area contributed by atoms with Gasteiger partial charge in [0.05, 0.1) is 5.54 Å². The van der Waals surface area contributed by atoms with E-state index in [1.807, 2.05) is 0 Å². The molecular weight excluding hydrogens is 260 g/mol. The van der Waals surface area contributed by atoms with Gasteiger partial charge in [0.25, 0.3) is 0 Å². The molecule has 0 radical (unpaired) electrons. The van der Waals surface area contributed by atoms with E-state index in [0.717, 1.165) is 38.6 Å². The molecule has 2 N–H and O–H groups in total. The van der Waals surface area contributed by atoms with Crippen LogP contribution in [0.15, 0.2) is 24.3 Å². The third-order valence-electron chi connectivity index (χ3n) is 4.52. The van der Waals surface area contributed by atoms with Crippen LogP contribution in [0.2, 0.25) is 0 Å². The summed E-state index contributed by atoms with van der Waals surface area (Å²) in [7, 11) is 0. The third kappa shape index (κ3) is 3.85. The first kappa shape index (κ1) is 16.0. The van der Waals surface area contributed by atoms with Gasteiger partial charge >= 0.3 is 0 Å². The summed E-state index contributed by atoms with van der Waals surface area (Å²) in [6.07, 6.45) is 4.91. The normalized spacial score (nSPS) is 23.0. The van der Waals surface area contributed by atoms with Gasteiger partial charge in [-0.15, -0.1) is 0 Å². The Morgan fingerprint density at radius 1 is 1.43 bits per heavy atom. The number of aryl methyl sites for hydroxylation is 1. The monoisotopic (exact) mass is 288 g/mol. The minimum Gasteiger partial charge on any atom is -0.352 e. The second-order valence-corrected chi connectivity index (χ2v) is 6.37. The summed E-state index contributed by atoms with van der Waals surface area (Å²) < 4.78 is 0. The number of nitrogens with one attached hydrogen (secondary N) is 2. The van der Waals surface area contributed by atoms with Crippen LogP contribution in [0, 0.1) is 6.92 Å². The van der Waals surface area contributed by atoms with E-state index >= 15 is 0 Å². The number of hydrogen-bond donors (Lipinski definition) is 2. The molecule has 1 aromatic rings. The van der Waals surface area contributed by atoms with Crippen LogP contribution in [0.5, 0.6) is 0 Å². The lowest BCUT2D eigenvalue weighted by Gasteiger charge is -2.29. The Labute approximate surface area is 128 Å². The molecule has 1 fully saturated rings. The smallest absolute Gasteiger partial charge is 0.240 e. The lowest BCUT2D eigenvalue weighted by molar-refractivity contribution is -0.128. The first-order valence-electron chi connectivity index (χ1n) is 8.18. The highest BCUT2D eigenvalue weighted by Gasteiger charge is 2.40. The average molecular weight is 288 g/mol. The summed E-state index contributed by atoms with van der Waals surface area (Å²) in [4.78, 5) is 12.7. The van der Waals surface area contributed by atoms with Crippen molar-refractivity contribution in [3.05, 3.63) is 35.4 Å². The van der Waals surface area contributed by atoms with E-state index in [4.69, 9.17) is 0 Å². The third-order valence-corrected chi connectivity index (χ3v) is 4.52. The first-order chi connectivity index (χ1) is 10.1. The Kier molecular flexibility index (Phi) is 5.40. The van der Waals surface area contributed by atoms with Gasteiger partial charge in [0.2, 0.25) is 5.91 Å². The molecule has 2 rings (SSSR count). The maximum absolute atomic E-state index is 12.7. The fourth-order valence-electron chi connectivity index (χ4n) is 3.34. The van der Waals surface area contributed by atoms with Crippen LogP contribution >= 0.6 is 0 Å². The van der Waals surface area contributed by atoms with Gasteiger partial charge in [0.1, 0.15) is 0 Å². The summed E-state index contributed by atoms with van der Waals surface area (Å²) in [6, 6.07) is 8.55. The van der Waals surface area contributed by atoms with Gasteiger partial charge in [-0.05, 0) is 57.2 Å². The van der Waals surface area contributed by atoms with Crippen LogP contribution in [-0.2, 0) is 11.2 Å². The van der Waals surface area contributed by atoms with Gasteiger partial charge in [0.15, 0.2) is 0 Å². The van der Waals surface area contributed by atoms with Crippen molar-refractivity contribution in [2.75, 3.05) is 6.54 Å². The maximum Gasteiger partial charge on any atom is 0.240 e. The molecule has 1 saturated heterocycles. The van der Waals surface area contributed by atoms with Crippen molar-refractivity contribution in [1.82, 2.24) is 10.6 Å². The Morgan fingerprint density at radius 2 is 2.19 bits per heavy atom. The van der Waals surface area contributed by atoms with Crippen LogP contribution in [0.3, 0.4) is 0 Å². The van der Waals surface area contributed by atoms with Crippen molar-refractivity contribution in [3.8, 4) is 0 Å². The minimum atomic E-state index is -0.325. The molecule has 0 aliphatic carbocycles. The maximum atomic E-state index is 12.7. The molecular formula is C18H28N2O. The fourth-order valence-corrected chi connectivity index (χ4v) is 3.34. The lowest BCUT2D eigenvalue weighted by Crippen LogP contribution is -2.55. The van der Waals surface area contributed by atoms with Gasteiger partial charge in [-0.2, -0.15) is 0 Å². The lowest BCUT2D eigenvalue weighted by atomic mass is 9.90. The van der Waals surface area contributed by atoms with Crippen LogP contribution in [0.1, 0.15) is 50.7 Å². The molecule has 1 amide bonds. The average Bonchev–Trinajstić information content (AvgIpc) is 2.92. The SMILES string of the molecule is CCCC1(C(=O)NC(C)Cc2ccccc2C)CCCN1. The van der Waals surface area contributed by atoms with Gasteiger partial charge in [-0.25, -0.2) is 0 Å². The van der Waals surface area contributed by atoms with E-state index in [0.29, 0.717) is 0 Å². The molecule has 0 saturated carbocycles. The zero-order chi connectivity index (χ0) is 15.3. The molecule has 1 heterocycles. The van der Waals surface area contributed by atoms with Gasteiger partial charge in [-0.3, -0.25) is 4.79 Å². The summed E-state index contributed by atoms with van der Waals surface area (Å²) >= 11 is 0. The minimum absolute atomic E-state index is 0.162. The molecule has 0 spiro atoms. The van der Waals surface area contributed by atoms with Crippen molar-refractivity contribution >= 4 is 5.91 Å². The molecule has 1 aliphatic heterocycles. The Balaban J connectivity index is 1.97. The van der Waals surface area contributed by atoms with E-state index in [-0.39, 0.29) is 17.5 Å². The quantitative estimate of drug-likeness (QED) is 0.845. The summed E-state index contributed by atoms with van der Waals surface area (Å²) in [5.41, 5.74) is 2.28. The zero-order valence-electron chi connectivity index (χ0n) is 13.5. The molecule has 3 heteroatoms. The Bertz CT molecular complexity index is 478. The highest BCUT2D eigenvalue weighted by Crippen LogP contribution is 2.25. The number of benzene rings is 1. The highest BCUT2D eigenvalue weighted by molar-refractivity contribution is 5.86. The fraction of sp³-hybridized carbons (Fsp3) is 0.611. The standard InChI is InChI=1S/C18H28N2O/c1-4-10-18(11-7-12-19-18)17(21)20-15(3)13-16-9-6-5-8-14(16)2/h5-6,8-9,15,19H,4,7,10-13H2,1-3H3,(H,20,21). The van der Waals surface area contributed by atoms with Gasteiger partial charge in [-0.1, -0.05) is 37.6 Å². The van der Waals surface area contributed by atoms with Gasteiger partial charge < -0.3 is 10.6 Å². The van der Waals surface area contributed by atoms with Crippen LogP contribution in [-0.4, -0.2) is 24.0 Å². The van der Waals surface area contributed by atoms with Crippen molar-refractivity contribution < 1.29 is 4.79 Å². The predicted octanol–water partition coefficient (Wildman–Crippen LogP) is 2.96. The van der Waals surface area contributed by atoms with Crippen molar-refractivity contribution in [1.29, 1.82) is 0 Å². The van der Waals surface area contributed by atoms with Crippen molar-refractivity contribution in [2.45, 2.75) is 64.5 Å². The topological polar surface area (TPSA) is 41.1 Å². The van der Waals surface area contributed by atoms with Crippen molar-refractivity contribution in [2.24, 2.45) is 0 Å². The first-order valence-corrected chi connectivity index (χ1v) is 8.18. The Hall–Kier alpha value is -1.35. The number of hydrogen-bond acceptors (Lipinski definition) is 2. The number of amides is 1. The molecule has 0 bridgehead atoms. The second-order valence-electron chi connectivity index (χ2n) is 6.37. The van der Waals surface area contributed by atoms with Crippen LogP contribution < -0.4 is 10.6 Å². The van der Waals surface area contributed by atoms with Gasteiger partial charge in [0, 0.05) is 6.04 Å². The largest absolute Gasteiger partial charge is 0.352 e. The molecule has 21 heavy (non-hydrogen) atoms. The number of carbonyl (C=O) groups excluding carboxylic acids is 1. The second kappa shape index (κ2) is 7.08. The number of carbonyl (C=O) groups is 1. The van der Waals surface area contributed by atoms with E-state index < -0.39 is 0 Å². The molecule has 1 aromatic carbocycles. The summed E-state index contributed by atoms with van der Waals surface area (Å²) in [5, 5.41) is 6.66. The van der Waals surface area contributed by atoms with E-state index in [9.17, 15) is 4.79 Å². The van der Waals surface area contributed by atoms with Crippen LogP contribution in [0.25, 0.3) is 0 Å². The summed E-state index contributed by atoms with van der Waals surface area (Å²) in [6.45, 7) is 7.32. The Morgan fingerprint density at radius 3 is 2.81 bits per heavy atom. The van der Waals surface area contributed by atoms with E-state index in [1.54, 1.807) is 0 Å². The predicted molar refractivity (Wildman–Crippen MR) is 87.4 cm³/mol. The highest BCUT2D eigenvalue weighted by atomic mass is 16.2. The van der Waals surface area contributed by atoms with Crippen LogP contribution in [0.4, 0.5) is 0 Å².